The second-order valence-corrected chi connectivity index (χ2v) is 7.67. The summed E-state index contributed by atoms with van der Waals surface area (Å²) in [6.45, 7) is 2.63. The maximum absolute atomic E-state index is 15.2. The lowest BCUT2D eigenvalue weighted by Crippen LogP contribution is -2.39. The second-order valence-electron chi connectivity index (χ2n) is 7.67. The van der Waals surface area contributed by atoms with Crippen molar-refractivity contribution in [1.82, 2.24) is 24.7 Å². The Hall–Kier alpha value is -3.20. The molecule has 1 aromatic carbocycles. The fourth-order valence-corrected chi connectivity index (χ4v) is 3.98. The monoisotopic (exact) mass is 413 g/mol. The molecule has 1 aliphatic rings. The molecule has 1 fully saturated rings. The van der Waals surface area contributed by atoms with E-state index in [2.05, 4.69) is 20.3 Å². The fraction of sp³-hybridized carbons (Fsp3) is 0.286. The molecule has 154 valence electrons. The highest BCUT2D eigenvalue weighted by atomic mass is 19.1. The van der Waals surface area contributed by atoms with Gasteiger partial charge in [-0.25, -0.2) is 23.1 Å². The SMILES string of the molecule is Cc1cn2cc(-c3cc(F)c4nc(C5(F)CCNCC5)[nH]c(=O)c4c3)cc(F)c2n1. The molecule has 0 radical (unpaired) electrons. The Morgan fingerprint density at radius 2 is 1.77 bits per heavy atom. The van der Waals surface area contributed by atoms with Gasteiger partial charge in [-0.3, -0.25) is 4.79 Å². The van der Waals surface area contributed by atoms with Crippen LogP contribution >= 0.6 is 0 Å². The van der Waals surface area contributed by atoms with E-state index in [0.29, 0.717) is 29.9 Å². The number of H-pyrrole nitrogens is 1. The summed E-state index contributed by atoms with van der Waals surface area (Å²) in [5, 5.41) is 3.03. The number of hydrogen-bond acceptors (Lipinski definition) is 4. The van der Waals surface area contributed by atoms with E-state index in [1.165, 1.54) is 22.6 Å². The van der Waals surface area contributed by atoms with Gasteiger partial charge in [0, 0.05) is 30.8 Å². The van der Waals surface area contributed by atoms with Gasteiger partial charge in [-0.1, -0.05) is 0 Å². The van der Waals surface area contributed by atoms with E-state index in [0.717, 1.165) is 0 Å². The number of aromatic amines is 1. The molecule has 0 saturated carbocycles. The highest BCUT2D eigenvalue weighted by molar-refractivity contribution is 5.84. The molecular weight excluding hydrogens is 395 g/mol. The van der Waals surface area contributed by atoms with E-state index in [4.69, 9.17) is 0 Å². The summed E-state index contributed by atoms with van der Waals surface area (Å²) in [4.78, 5) is 23.4. The Kier molecular flexibility index (Phi) is 4.18. The summed E-state index contributed by atoms with van der Waals surface area (Å²) in [5.74, 6) is -1.49. The predicted molar refractivity (Wildman–Crippen MR) is 106 cm³/mol. The van der Waals surface area contributed by atoms with E-state index in [-0.39, 0.29) is 35.2 Å². The van der Waals surface area contributed by atoms with E-state index in [1.54, 1.807) is 19.3 Å². The summed E-state index contributed by atoms with van der Waals surface area (Å²) >= 11 is 0. The van der Waals surface area contributed by atoms with Crippen molar-refractivity contribution in [2.24, 2.45) is 0 Å². The van der Waals surface area contributed by atoms with Crippen LogP contribution in [0.2, 0.25) is 0 Å². The third-order valence-corrected chi connectivity index (χ3v) is 5.54. The average molecular weight is 413 g/mol. The number of pyridine rings is 1. The van der Waals surface area contributed by atoms with Crippen molar-refractivity contribution in [3.63, 3.8) is 0 Å². The number of hydrogen-bond donors (Lipinski definition) is 2. The molecule has 6 nitrogen and oxygen atoms in total. The summed E-state index contributed by atoms with van der Waals surface area (Å²) < 4.78 is 46.1. The van der Waals surface area contributed by atoms with Gasteiger partial charge in [0.2, 0.25) is 0 Å². The fourth-order valence-electron chi connectivity index (χ4n) is 3.98. The number of aryl methyl sites for hydroxylation is 1. The number of fused-ring (bicyclic) bond motifs is 2. The van der Waals surface area contributed by atoms with Crippen molar-refractivity contribution in [2.75, 3.05) is 13.1 Å². The van der Waals surface area contributed by atoms with Crippen molar-refractivity contribution in [3.8, 4) is 11.1 Å². The standard InChI is InChI=1S/C21H18F3N5O/c1-11-9-29-10-13(8-16(23)18(29)26-11)12-6-14-17(15(22)7-12)27-20(28-19(14)30)21(24)2-4-25-5-3-21/h6-10,25H,2-5H2,1H3,(H,27,28,30). The molecular formula is C21H18F3N5O. The smallest absolute Gasteiger partial charge is 0.258 e. The normalized spacial score (nSPS) is 16.4. The Bertz CT molecular complexity index is 1350. The minimum atomic E-state index is -1.81. The van der Waals surface area contributed by atoms with Gasteiger partial charge in [-0.2, -0.15) is 0 Å². The molecule has 9 heteroatoms. The van der Waals surface area contributed by atoms with Crippen molar-refractivity contribution in [1.29, 1.82) is 0 Å². The average Bonchev–Trinajstić information content (AvgIpc) is 3.10. The van der Waals surface area contributed by atoms with Crippen LogP contribution in [0, 0.1) is 18.6 Å². The van der Waals surface area contributed by atoms with Gasteiger partial charge < -0.3 is 14.7 Å². The van der Waals surface area contributed by atoms with Gasteiger partial charge in [-0.05, 0) is 43.8 Å². The molecule has 0 spiro atoms. The molecule has 4 aromatic rings. The molecule has 0 bridgehead atoms. The van der Waals surface area contributed by atoms with Crippen molar-refractivity contribution >= 4 is 16.6 Å². The van der Waals surface area contributed by atoms with Crippen LogP contribution in [-0.4, -0.2) is 32.4 Å². The lowest BCUT2D eigenvalue weighted by molar-refractivity contribution is 0.104. The highest BCUT2D eigenvalue weighted by Crippen LogP contribution is 2.33. The number of nitrogens with one attached hydrogen (secondary N) is 2. The zero-order valence-electron chi connectivity index (χ0n) is 16.1. The molecule has 0 unspecified atom stereocenters. The van der Waals surface area contributed by atoms with Crippen LogP contribution in [0.3, 0.4) is 0 Å². The Morgan fingerprint density at radius 1 is 1.03 bits per heavy atom. The largest absolute Gasteiger partial charge is 0.316 e. The molecule has 1 aliphatic heterocycles. The predicted octanol–water partition coefficient (Wildman–Crippen LogP) is 3.37. The summed E-state index contributed by atoms with van der Waals surface area (Å²) in [6.07, 6.45) is 3.55. The van der Waals surface area contributed by atoms with Crippen LogP contribution in [0.4, 0.5) is 13.2 Å². The number of imidazole rings is 1. The quantitative estimate of drug-likeness (QED) is 0.528. The maximum atomic E-state index is 15.2. The first-order chi connectivity index (χ1) is 14.3. The molecule has 2 N–H and O–H groups in total. The van der Waals surface area contributed by atoms with E-state index in [1.807, 2.05) is 0 Å². The Morgan fingerprint density at radius 3 is 2.53 bits per heavy atom. The van der Waals surface area contributed by atoms with E-state index in [9.17, 15) is 13.6 Å². The van der Waals surface area contributed by atoms with Crippen molar-refractivity contribution < 1.29 is 13.2 Å². The van der Waals surface area contributed by atoms with Crippen LogP contribution < -0.4 is 10.9 Å². The molecule has 0 aliphatic carbocycles. The number of nitrogens with zero attached hydrogens (tertiary/aromatic N) is 3. The highest BCUT2D eigenvalue weighted by Gasteiger charge is 2.36. The van der Waals surface area contributed by atoms with Gasteiger partial charge in [0.1, 0.15) is 17.2 Å². The molecule has 0 atom stereocenters. The first kappa shape index (κ1) is 18.8. The molecule has 5 rings (SSSR count). The third kappa shape index (κ3) is 2.97. The minimum absolute atomic E-state index is 0.0198. The number of halogens is 3. The van der Waals surface area contributed by atoms with Gasteiger partial charge in [0.05, 0.1) is 11.1 Å². The summed E-state index contributed by atoms with van der Waals surface area (Å²) in [5.41, 5.74) is -1.15. The number of piperidine rings is 1. The van der Waals surface area contributed by atoms with Crippen molar-refractivity contribution in [3.05, 3.63) is 64.1 Å². The maximum Gasteiger partial charge on any atom is 0.258 e. The number of alkyl halides is 1. The Labute approximate surface area is 168 Å². The lowest BCUT2D eigenvalue weighted by Gasteiger charge is -2.29. The van der Waals surface area contributed by atoms with Gasteiger partial charge in [-0.15, -0.1) is 0 Å². The molecule has 4 heterocycles. The molecule has 1 saturated heterocycles. The van der Waals surface area contributed by atoms with Gasteiger partial charge >= 0.3 is 0 Å². The number of benzene rings is 1. The lowest BCUT2D eigenvalue weighted by atomic mass is 9.93. The minimum Gasteiger partial charge on any atom is -0.316 e. The molecule has 0 amide bonds. The molecule has 30 heavy (non-hydrogen) atoms. The summed E-state index contributed by atoms with van der Waals surface area (Å²) in [7, 11) is 0. The summed E-state index contributed by atoms with van der Waals surface area (Å²) in [6, 6.07) is 3.85. The van der Waals surface area contributed by atoms with Crippen LogP contribution in [0.25, 0.3) is 27.7 Å². The van der Waals surface area contributed by atoms with Crippen LogP contribution in [0.5, 0.6) is 0 Å². The molecule has 3 aromatic heterocycles. The van der Waals surface area contributed by atoms with Crippen LogP contribution in [-0.2, 0) is 5.67 Å². The first-order valence-corrected chi connectivity index (χ1v) is 9.63. The number of rotatable bonds is 2. The topological polar surface area (TPSA) is 75.1 Å². The van der Waals surface area contributed by atoms with Crippen LogP contribution in [0.1, 0.15) is 24.4 Å². The first-order valence-electron chi connectivity index (χ1n) is 9.63. The second kappa shape index (κ2) is 6.66. The Balaban J connectivity index is 1.67. The zero-order chi connectivity index (χ0) is 21.0. The zero-order valence-corrected chi connectivity index (χ0v) is 16.1. The van der Waals surface area contributed by atoms with Gasteiger partial charge in [0.25, 0.3) is 5.56 Å². The van der Waals surface area contributed by atoms with Crippen molar-refractivity contribution in [2.45, 2.75) is 25.4 Å². The van der Waals surface area contributed by atoms with E-state index < -0.39 is 22.9 Å². The third-order valence-electron chi connectivity index (χ3n) is 5.54. The van der Waals surface area contributed by atoms with Crippen LogP contribution in [0.15, 0.2) is 35.4 Å². The van der Waals surface area contributed by atoms with E-state index >= 15 is 4.39 Å². The van der Waals surface area contributed by atoms with Gasteiger partial charge in [0.15, 0.2) is 17.1 Å². The number of aromatic nitrogens is 4.